The molecule has 1 N–H and O–H groups in total. The van der Waals surface area contributed by atoms with Crippen LogP contribution in [0.25, 0.3) is 11.6 Å². The van der Waals surface area contributed by atoms with Crippen LogP contribution in [-0.2, 0) is 0 Å². The number of hydrogen-bond acceptors (Lipinski definition) is 5. The maximum Gasteiger partial charge on any atom is 0.211 e. The number of ether oxygens (including phenoxy) is 1. The van der Waals surface area contributed by atoms with E-state index in [0.717, 1.165) is 56.5 Å². The van der Waals surface area contributed by atoms with Gasteiger partial charge in [0, 0.05) is 22.9 Å². The smallest absolute Gasteiger partial charge is 0.211 e. The van der Waals surface area contributed by atoms with Crippen molar-refractivity contribution in [3.05, 3.63) is 63.8 Å². The number of thiazole rings is 1. The van der Waals surface area contributed by atoms with Crippen LogP contribution in [0.5, 0.6) is 11.6 Å². The van der Waals surface area contributed by atoms with Crippen molar-refractivity contribution < 1.29 is 9.84 Å². The summed E-state index contributed by atoms with van der Waals surface area (Å²) in [7, 11) is 1.66. The number of methoxy groups -OCH3 is 1. The van der Waals surface area contributed by atoms with Crippen LogP contribution < -0.4 is 9.54 Å². The lowest BCUT2D eigenvalue weighted by atomic mass is 9.95. The number of fused-ring (bicyclic) bond motifs is 1. The number of aromatic hydroxyl groups is 1. The van der Waals surface area contributed by atoms with Gasteiger partial charge in [-0.05, 0) is 56.2 Å². The van der Waals surface area contributed by atoms with Crippen molar-refractivity contribution in [2.24, 2.45) is 9.98 Å². The third kappa shape index (κ3) is 3.91. The van der Waals surface area contributed by atoms with Crippen LogP contribution in [0.2, 0.25) is 0 Å². The minimum Gasteiger partial charge on any atom is -0.497 e. The number of nitrogens with zero attached hydrogens (tertiary/aromatic N) is 3. The molecule has 0 amide bonds. The number of aromatic nitrogens is 1. The molecular weight excluding hydrogens is 418 g/mol. The average molecular weight is 446 g/mol. The highest BCUT2D eigenvalue weighted by Gasteiger charge is 2.24. The minimum absolute atomic E-state index is 0.273. The van der Waals surface area contributed by atoms with E-state index in [2.05, 4.69) is 12.1 Å². The maximum absolute atomic E-state index is 11.3. The summed E-state index contributed by atoms with van der Waals surface area (Å²) < 4.78 is 7.32. The number of para-hydroxylation sites is 1. The van der Waals surface area contributed by atoms with Crippen molar-refractivity contribution in [1.29, 1.82) is 0 Å². The third-order valence-corrected chi connectivity index (χ3v) is 7.23. The van der Waals surface area contributed by atoms with Crippen LogP contribution in [0.15, 0.2) is 58.5 Å². The first-order valence-electron chi connectivity index (χ1n) is 11.1. The van der Waals surface area contributed by atoms with E-state index in [1.165, 1.54) is 30.6 Å². The fraction of sp³-hybridized carbons (Fsp3) is 0.308. The van der Waals surface area contributed by atoms with E-state index in [1.54, 1.807) is 7.11 Å². The second kappa shape index (κ2) is 8.79. The summed E-state index contributed by atoms with van der Waals surface area (Å²) in [6.45, 7) is 2.02. The van der Waals surface area contributed by atoms with Gasteiger partial charge in [0.25, 0.3) is 0 Å². The summed E-state index contributed by atoms with van der Waals surface area (Å²) in [5.41, 5.74) is 4.96. The molecule has 6 heteroatoms. The van der Waals surface area contributed by atoms with Gasteiger partial charge in [-0.15, -0.1) is 0 Å². The summed E-state index contributed by atoms with van der Waals surface area (Å²) in [5, 5.41) is 11.3. The summed E-state index contributed by atoms with van der Waals surface area (Å²) in [6, 6.07) is 16.1. The summed E-state index contributed by atoms with van der Waals surface area (Å²) in [5.74, 6) is 1.11. The Hall–Kier alpha value is -3.12. The molecule has 2 heterocycles. The molecule has 1 aromatic heterocycles. The lowest BCUT2D eigenvalue weighted by molar-refractivity contribution is 0.307. The highest BCUT2D eigenvalue weighted by atomic mass is 32.1. The van der Waals surface area contributed by atoms with Crippen molar-refractivity contribution in [3.63, 3.8) is 0 Å². The van der Waals surface area contributed by atoms with Crippen LogP contribution in [-0.4, -0.2) is 22.5 Å². The molecule has 0 bridgehead atoms. The summed E-state index contributed by atoms with van der Waals surface area (Å²) in [4.78, 5) is 11.3. The molecule has 164 valence electrons. The molecule has 5 nitrogen and oxygen atoms in total. The minimum atomic E-state index is 0.273. The van der Waals surface area contributed by atoms with Crippen molar-refractivity contribution in [3.8, 4) is 11.6 Å². The second-order valence-electron chi connectivity index (χ2n) is 8.32. The van der Waals surface area contributed by atoms with E-state index >= 15 is 0 Å². The molecule has 0 saturated heterocycles. The Morgan fingerprint density at radius 2 is 1.84 bits per heavy atom. The topological polar surface area (TPSA) is 59.1 Å². The van der Waals surface area contributed by atoms with Crippen molar-refractivity contribution >= 4 is 40.1 Å². The Balaban J connectivity index is 1.63. The highest BCUT2D eigenvalue weighted by molar-refractivity contribution is 7.10. The summed E-state index contributed by atoms with van der Waals surface area (Å²) in [6.07, 6.45) is 7.83. The number of rotatable bonds is 4. The van der Waals surface area contributed by atoms with E-state index in [4.69, 9.17) is 14.7 Å². The standard InChI is InChI=1S/C26H27N3O2S/c1-17-22(21-10-6-7-11-23(21)27-17)16-24-25(30)29(19-8-4-3-5-9-19)26(32-24)28-18-12-14-20(31-2)15-13-18/h6-7,10-16,19,30H,3-5,8-9H2,1-2H3/b22-16+,28-26?. The molecule has 0 unspecified atom stereocenters. The second-order valence-corrected chi connectivity index (χ2v) is 9.33. The van der Waals surface area contributed by atoms with E-state index in [1.807, 2.05) is 54.0 Å². The average Bonchev–Trinajstić information content (AvgIpc) is 3.31. The van der Waals surface area contributed by atoms with E-state index < -0.39 is 0 Å². The van der Waals surface area contributed by atoms with Crippen LogP contribution in [0.1, 0.15) is 55.5 Å². The van der Waals surface area contributed by atoms with Crippen molar-refractivity contribution in [2.45, 2.75) is 45.1 Å². The van der Waals surface area contributed by atoms with E-state index in [0.29, 0.717) is 5.88 Å². The van der Waals surface area contributed by atoms with Gasteiger partial charge in [-0.2, -0.15) is 0 Å². The van der Waals surface area contributed by atoms with Gasteiger partial charge in [0.2, 0.25) is 5.88 Å². The van der Waals surface area contributed by atoms with Gasteiger partial charge in [0.15, 0.2) is 4.80 Å². The van der Waals surface area contributed by atoms with Crippen molar-refractivity contribution in [1.82, 2.24) is 4.57 Å². The molecule has 1 aliphatic carbocycles. The van der Waals surface area contributed by atoms with Crippen molar-refractivity contribution in [2.75, 3.05) is 7.11 Å². The fourth-order valence-electron chi connectivity index (χ4n) is 4.56. The molecule has 1 fully saturated rings. The van der Waals surface area contributed by atoms with Gasteiger partial charge in [-0.1, -0.05) is 48.8 Å². The van der Waals surface area contributed by atoms with Gasteiger partial charge >= 0.3 is 0 Å². The van der Waals surface area contributed by atoms with Gasteiger partial charge < -0.3 is 9.84 Å². The van der Waals surface area contributed by atoms with Crippen LogP contribution in [0, 0.1) is 0 Å². The lowest BCUT2D eigenvalue weighted by Crippen LogP contribution is -2.22. The first-order chi connectivity index (χ1) is 15.6. The van der Waals surface area contributed by atoms with E-state index in [9.17, 15) is 5.11 Å². The van der Waals surface area contributed by atoms with Gasteiger partial charge in [-0.3, -0.25) is 9.56 Å². The zero-order valence-electron chi connectivity index (χ0n) is 18.4. The van der Waals surface area contributed by atoms with Crippen LogP contribution in [0.3, 0.4) is 0 Å². The molecule has 0 radical (unpaired) electrons. The molecule has 1 saturated carbocycles. The normalized spacial score (nSPS) is 18.1. The van der Waals surface area contributed by atoms with E-state index in [-0.39, 0.29) is 6.04 Å². The maximum atomic E-state index is 11.3. The fourth-order valence-corrected chi connectivity index (χ4v) is 5.60. The Kier molecular flexibility index (Phi) is 5.70. The predicted molar refractivity (Wildman–Crippen MR) is 131 cm³/mol. The Bertz CT molecular complexity index is 1260. The molecule has 0 spiro atoms. The first kappa shape index (κ1) is 20.8. The van der Waals surface area contributed by atoms with Gasteiger partial charge in [-0.25, -0.2) is 4.99 Å². The van der Waals surface area contributed by atoms with Crippen LogP contribution in [0.4, 0.5) is 11.4 Å². The molecular formula is C26H27N3O2S. The first-order valence-corrected chi connectivity index (χ1v) is 12.0. The number of benzene rings is 2. The molecule has 2 aromatic carbocycles. The quantitative estimate of drug-likeness (QED) is 0.489. The number of allylic oxidation sites excluding steroid dienone is 1. The molecule has 0 atom stereocenters. The molecule has 3 aromatic rings. The highest BCUT2D eigenvalue weighted by Crippen LogP contribution is 2.39. The van der Waals surface area contributed by atoms with Crippen LogP contribution >= 0.6 is 11.3 Å². The largest absolute Gasteiger partial charge is 0.497 e. The third-order valence-electron chi connectivity index (χ3n) is 6.24. The SMILES string of the molecule is COc1ccc(N=c2sc(/C=C3\C(C)=Nc4ccccc43)c(O)n2C2CCCCC2)cc1. The zero-order valence-corrected chi connectivity index (χ0v) is 19.2. The Morgan fingerprint density at radius 1 is 1.09 bits per heavy atom. The molecule has 32 heavy (non-hydrogen) atoms. The van der Waals surface area contributed by atoms with Gasteiger partial charge in [0.1, 0.15) is 5.75 Å². The Morgan fingerprint density at radius 3 is 2.59 bits per heavy atom. The predicted octanol–water partition coefficient (Wildman–Crippen LogP) is 6.65. The Labute approximate surface area is 192 Å². The number of aliphatic imine (C=N–C) groups is 1. The lowest BCUT2D eigenvalue weighted by Gasteiger charge is -2.23. The molecule has 5 rings (SSSR count). The molecule has 1 aliphatic heterocycles. The van der Waals surface area contributed by atoms with Gasteiger partial charge in [0.05, 0.1) is 23.4 Å². The number of hydrogen-bond donors (Lipinski definition) is 1. The zero-order chi connectivity index (χ0) is 22.1. The molecule has 2 aliphatic rings. The summed E-state index contributed by atoms with van der Waals surface area (Å²) >= 11 is 1.53. The monoisotopic (exact) mass is 445 g/mol.